The van der Waals surface area contributed by atoms with Gasteiger partial charge in [-0.15, -0.1) is 11.6 Å². The lowest BCUT2D eigenvalue weighted by atomic mass is 10.2. The number of aromatic nitrogens is 3. The largest absolute Gasteiger partial charge is 0.496 e. The first-order chi connectivity index (χ1) is 10.1. The second kappa shape index (κ2) is 5.37. The maximum atomic E-state index is 6.06. The molecule has 0 aliphatic rings. The lowest BCUT2D eigenvalue weighted by Gasteiger charge is -2.10. The first kappa shape index (κ1) is 13.9. The Kier molecular flexibility index (Phi) is 3.55. The Labute approximate surface area is 128 Å². The van der Waals surface area contributed by atoms with E-state index in [4.69, 9.17) is 16.3 Å². The highest BCUT2D eigenvalue weighted by atomic mass is 35.5. The highest BCUT2D eigenvalue weighted by Crippen LogP contribution is 2.25. The maximum Gasteiger partial charge on any atom is 0.164 e. The number of pyridine rings is 1. The van der Waals surface area contributed by atoms with Crippen LogP contribution in [-0.4, -0.2) is 21.6 Å². The van der Waals surface area contributed by atoms with Crippen molar-refractivity contribution in [2.45, 2.75) is 19.7 Å². The van der Waals surface area contributed by atoms with E-state index in [-0.39, 0.29) is 0 Å². The Bertz CT molecular complexity index is 811. The SMILES string of the molecule is COc1ccc(-n2c(CCl)nc3ccc(C)nc32)cc1C. The summed E-state index contributed by atoms with van der Waals surface area (Å²) in [5, 5.41) is 0. The number of imidazole rings is 1. The maximum absolute atomic E-state index is 6.06. The van der Waals surface area contributed by atoms with Crippen LogP contribution in [-0.2, 0) is 5.88 Å². The van der Waals surface area contributed by atoms with Crippen molar-refractivity contribution in [2.24, 2.45) is 0 Å². The first-order valence-corrected chi connectivity index (χ1v) is 7.23. The zero-order valence-corrected chi connectivity index (χ0v) is 13.0. The van der Waals surface area contributed by atoms with Crippen molar-refractivity contribution in [3.05, 3.63) is 47.4 Å². The smallest absolute Gasteiger partial charge is 0.164 e. The number of methoxy groups -OCH3 is 1. The van der Waals surface area contributed by atoms with Crippen LogP contribution in [0, 0.1) is 13.8 Å². The Morgan fingerprint density at radius 3 is 2.62 bits per heavy atom. The zero-order chi connectivity index (χ0) is 15.0. The summed E-state index contributed by atoms with van der Waals surface area (Å²) in [4.78, 5) is 9.16. The van der Waals surface area contributed by atoms with Crippen LogP contribution < -0.4 is 4.74 Å². The van der Waals surface area contributed by atoms with Gasteiger partial charge in [0.15, 0.2) is 5.65 Å². The summed E-state index contributed by atoms with van der Waals surface area (Å²) in [7, 11) is 1.67. The number of ether oxygens (including phenoxy) is 1. The summed E-state index contributed by atoms with van der Waals surface area (Å²) in [5.74, 6) is 1.98. The van der Waals surface area contributed by atoms with Crippen molar-refractivity contribution in [3.8, 4) is 11.4 Å². The van der Waals surface area contributed by atoms with Crippen molar-refractivity contribution >= 4 is 22.8 Å². The molecule has 3 aromatic rings. The molecule has 0 saturated carbocycles. The molecule has 1 aromatic carbocycles. The number of benzene rings is 1. The molecule has 21 heavy (non-hydrogen) atoms. The minimum atomic E-state index is 0.334. The Balaban J connectivity index is 2.27. The topological polar surface area (TPSA) is 39.9 Å². The van der Waals surface area contributed by atoms with Crippen LogP contribution in [0.5, 0.6) is 5.75 Å². The number of fused-ring (bicyclic) bond motifs is 1. The molecule has 2 aromatic heterocycles. The molecule has 108 valence electrons. The van der Waals surface area contributed by atoms with Gasteiger partial charge in [-0.25, -0.2) is 9.97 Å². The van der Waals surface area contributed by atoms with Crippen molar-refractivity contribution in [1.29, 1.82) is 0 Å². The molecular formula is C16H16ClN3O. The number of halogens is 1. The van der Waals surface area contributed by atoms with Crippen LogP contribution in [0.3, 0.4) is 0 Å². The van der Waals surface area contributed by atoms with E-state index < -0.39 is 0 Å². The molecule has 0 amide bonds. The van der Waals surface area contributed by atoms with Gasteiger partial charge >= 0.3 is 0 Å². The van der Waals surface area contributed by atoms with Crippen LogP contribution in [0.15, 0.2) is 30.3 Å². The van der Waals surface area contributed by atoms with Gasteiger partial charge in [-0.3, -0.25) is 4.57 Å². The molecule has 0 bridgehead atoms. The minimum absolute atomic E-state index is 0.334. The molecule has 2 heterocycles. The van der Waals surface area contributed by atoms with Crippen molar-refractivity contribution in [3.63, 3.8) is 0 Å². The molecule has 4 nitrogen and oxygen atoms in total. The third kappa shape index (κ3) is 2.36. The highest BCUT2D eigenvalue weighted by Gasteiger charge is 2.14. The standard InChI is InChI=1S/C16H16ClN3O/c1-10-8-12(5-7-14(10)21-3)20-15(9-17)19-13-6-4-11(2)18-16(13)20/h4-8H,9H2,1-3H3. The van der Waals surface area contributed by atoms with E-state index in [2.05, 4.69) is 16.0 Å². The fraction of sp³-hybridized carbons (Fsp3) is 0.250. The summed E-state index contributed by atoms with van der Waals surface area (Å²) in [6, 6.07) is 9.93. The van der Waals surface area contributed by atoms with Gasteiger partial charge in [-0.05, 0) is 49.7 Å². The molecule has 5 heteroatoms. The van der Waals surface area contributed by atoms with Gasteiger partial charge in [0.25, 0.3) is 0 Å². The molecule has 0 fully saturated rings. The molecular weight excluding hydrogens is 286 g/mol. The van der Waals surface area contributed by atoms with Crippen LogP contribution in [0.4, 0.5) is 0 Å². The zero-order valence-electron chi connectivity index (χ0n) is 12.2. The molecule has 0 unspecified atom stereocenters. The van der Waals surface area contributed by atoms with Gasteiger partial charge in [0.2, 0.25) is 0 Å². The number of aryl methyl sites for hydroxylation is 2. The fourth-order valence-electron chi connectivity index (χ4n) is 2.46. The molecule has 0 aliphatic heterocycles. The van der Waals surface area contributed by atoms with Gasteiger partial charge in [-0.1, -0.05) is 0 Å². The van der Waals surface area contributed by atoms with Crippen LogP contribution in [0.2, 0.25) is 0 Å². The molecule has 0 aliphatic carbocycles. The average Bonchev–Trinajstić information content (AvgIpc) is 2.84. The van der Waals surface area contributed by atoms with Crippen LogP contribution in [0.1, 0.15) is 17.1 Å². The summed E-state index contributed by atoms with van der Waals surface area (Å²) < 4.78 is 7.32. The fourth-order valence-corrected chi connectivity index (χ4v) is 2.64. The van der Waals surface area contributed by atoms with E-state index in [0.717, 1.165) is 39.7 Å². The van der Waals surface area contributed by atoms with Crippen LogP contribution in [0.25, 0.3) is 16.9 Å². The molecule has 3 rings (SSSR count). The molecule has 0 saturated heterocycles. The minimum Gasteiger partial charge on any atom is -0.496 e. The predicted octanol–water partition coefficient (Wildman–Crippen LogP) is 3.78. The summed E-state index contributed by atoms with van der Waals surface area (Å²) in [6.45, 7) is 3.98. The number of rotatable bonds is 3. The van der Waals surface area contributed by atoms with E-state index in [1.54, 1.807) is 7.11 Å². The lowest BCUT2D eigenvalue weighted by molar-refractivity contribution is 0.411. The predicted molar refractivity (Wildman–Crippen MR) is 84.4 cm³/mol. The molecule has 0 atom stereocenters. The number of hydrogen-bond donors (Lipinski definition) is 0. The number of nitrogens with zero attached hydrogens (tertiary/aromatic N) is 3. The Morgan fingerprint density at radius 2 is 1.95 bits per heavy atom. The van der Waals surface area contributed by atoms with Gasteiger partial charge in [0, 0.05) is 11.4 Å². The second-order valence-corrected chi connectivity index (χ2v) is 5.21. The van der Waals surface area contributed by atoms with Crippen molar-refractivity contribution in [2.75, 3.05) is 7.11 Å². The van der Waals surface area contributed by atoms with E-state index in [0.29, 0.717) is 5.88 Å². The summed E-state index contributed by atoms with van der Waals surface area (Å²) >= 11 is 6.06. The molecule has 0 spiro atoms. The normalized spacial score (nSPS) is 11.0. The number of alkyl halides is 1. The highest BCUT2D eigenvalue weighted by molar-refractivity contribution is 6.16. The Hall–Kier alpha value is -2.07. The Morgan fingerprint density at radius 1 is 1.14 bits per heavy atom. The second-order valence-electron chi connectivity index (χ2n) is 4.95. The number of hydrogen-bond acceptors (Lipinski definition) is 3. The van der Waals surface area contributed by atoms with Crippen LogP contribution >= 0.6 is 11.6 Å². The monoisotopic (exact) mass is 301 g/mol. The van der Waals surface area contributed by atoms with Gasteiger partial charge in [0.05, 0.1) is 13.0 Å². The third-order valence-electron chi connectivity index (χ3n) is 3.47. The van der Waals surface area contributed by atoms with E-state index >= 15 is 0 Å². The van der Waals surface area contributed by atoms with Gasteiger partial charge in [-0.2, -0.15) is 0 Å². The lowest BCUT2D eigenvalue weighted by Crippen LogP contribution is -2.01. The third-order valence-corrected chi connectivity index (χ3v) is 3.71. The van der Waals surface area contributed by atoms with E-state index in [1.165, 1.54) is 0 Å². The van der Waals surface area contributed by atoms with E-state index in [1.807, 2.05) is 42.7 Å². The van der Waals surface area contributed by atoms with Gasteiger partial charge in [0.1, 0.15) is 17.1 Å². The quantitative estimate of drug-likeness (QED) is 0.691. The van der Waals surface area contributed by atoms with Crippen molar-refractivity contribution in [1.82, 2.24) is 14.5 Å². The summed E-state index contributed by atoms with van der Waals surface area (Å²) in [6.07, 6.45) is 0. The average molecular weight is 302 g/mol. The van der Waals surface area contributed by atoms with Gasteiger partial charge < -0.3 is 4.74 Å². The molecule has 0 radical (unpaired) electrons. The first-order valence-electron chi connectivity index (χ1n) is 6.70. The van der Waals surface area contributed by atoms with E-state index in [9.17, 15) is 0 Å². The molecule has 0 N–H and O–H groups in total. The summed E-state index contributed by atoms with van der Waals surface area (Å²) in [5.41, 5.74) is 4.68. The van der Waals surface area contributed by atoms with Crippen molar-refractivity contribution < 1.29 is 4.74 Å².